The van der Waals surface area contributed by atoms with Crippen molar-refractivity contribution in [1.82, 2.24) is 5.32 Å². The number of nitrogens with one attached hydrogen (secondary N) is 2. The van der Waals surface area contributed by atoms with Crippen LogP contribution in [0.25, 0.3) is 0 Å². The van der Waals surface area contributed by atoms with Crippen LogP contribution in [0, 0.1) is 0 Å². The van der Waals surface area contributed by atoms with Gasteiger partial charge in [-0.15, -0.1) is 0 Å². The first-order valence-electron chi connectivity index (χ1n) is 8.59. The molecule has 2 N–H and O–H groups in total. The number of halogens is 1. The number of para-hydroxylation sites is 2. The second kappa shape index (κ2) is 9.44. The number of carbonyl (C=O) groups excluding carboxylic acids is 1. The molecule has 2 aromatic carbocycles. The molecular formula is C20H25ClN2O2. The standard InChI is InChI=1S/C20H25ClN2O2/c1-4-17(15-10-12-16(21)13-11-15)22-14(3)20(24)23-18-8-6-7-9-19(18)25-5-2/h6-14,17,22H,4-5H2,1-3H3,(H,23,24). The second-order valence-corrected chi connectivity index (χ2v) is 6.26. The van der Waals surface area contributed by atoms with Gasteiger partial charge in [-0.3, -0.25) is 10.1 Å². The summed E-state index contributed by atoms with van der Waals surface area (Å²) >= 11 is 5.95. The summed E-state index contributed by atoms with van der Waals surface area (Å²) in [6, 6.07) is 14.9. The van der Waals surface area contributed by atoms with Gasteiger partial charge >= 0.3 is 0 Å². The fourth-order valence-electron chi connectivity index (χ4n) is 2.61. The van der Waals surface area contributed by atoms with Gasteiger partial charge in [0.05, 0.1) is 18.3 Å². The molecule has 0 heterocycles. The van der Waals surface area contributed by atoms with E-state index in [-0.39, 0.29) is 18.0 Å². The lowest BCUT2D eigenvalue weighted by Crippen LogP contribution is -2.40. The fourth-order valence-corrected chi connectivity index (χ4v) is 2.74. The van der Waals surface area contributed by atoms with Gasteiger partial charge in [-0.2, -0.15) is 0 Å². The van der Waals surface area contributed by atoms with Gasteiger partial charge in [0.15, 0.2) is 0 Å². The van der Waals surface area contributed by atoms with E-state index in [1.54, 1.807) is 0 Å². The maximum absolute atomic E-state index is 12.6. The fraction of sp³-hybridized carbons (Fsp3) is 0.350. The molecule has 0 aliphatic carbocycles. The van der Waals surface area contributed by atoms with Crippen molar-refractivity contribution in [3.8, 4) is 5.75 Å². The van der Waals surface area contributed by atoms with Crippen LogP contribution in [0.1, 0.15) is 38.8 Å². The molecule has 0 aliphatic rings. The first kappa shape index (κ1) is 19.3. The van der Waals surface area contributed by atoms with Crippen LogP contribution in [0.4, 0.5) is 5.69 Å². The zero-order valence-electron chi connectivity index (χ0n) is 14.9. The molecule has 0 bridgehead atoms. The van der Waals surface area contributed by atoms with Gasteiger partial charge in [0.2, 0.25) is 5.91 Å². The molecule has 25 heavy (non-hydrogen) atoms. The third kappa shape index (κ3) is 5.48. The number of anilines is 1. The van der Waals surface area contributed by atoms with E-state index in [0.29, 0.717) is 23.1 Å². The Morgan fingerprint density at radius 1 is 1.12 bits per heavy atom. The van der Waals surface area contributed by atoms with E-state index in [4.69, 9.17) is 16.3 Å². The molecule has 0 radical (unpaired) electrons. The number of carbonyl (C=O) groups is 1. The van der Waals surface area contributed by atoms with Crippen molar-refractivity contribution in [2.45, 2.75) is 39.3 Å². The van der Waals surface area contributed by atoms with Gasteiger partial charge in [0, 0.05) is 11.1 Å². The quantitative estimate of drug-likeness (QED) is 0.710. The van der Waals surface area contributed by atoms with Gasteiger partial charge in [-0.05, 0) is 50.1 Å². The normalized spacial score (nSPS) is 13.1. The lowest BCUT2D eigenvalue weighted by molar-refractivity contribution is -0.118. The minimum absolute atomic E-state index is 0.0835. The molecule has 5 heteroatoms. The van der Waals surface area contributed by atoms with Gasteiger partial charge < -0.3 is 10.1 Å². The zero-order chi connectivity index (χ0) is 18.2. The lowest BCUT2D eigenvalue weighted by atomic mass is 10.0. The molecule has 1 amide bonds. The number of ether oxygens (including phenoxy) is 1. The summed E-state index contributed by atoms with van der Waals surface area (Å²) in [5.41, 5.74) is 1.80. The SMILES string of the molecule is CCOc1ccccc1NC(=O)C(C)NC(CC)c1ccc(Cl)cc1. The van der Waals surface area contributed by atoms with Crippen LogP contribution in [0.3, 0.4) is 0 Å². The zero-order valence-corrected chi connectivity index (χ0v) is 15.6. The summed E-state index contributed by atoms with van der Waals surface area (Å²) in [4.78, 5) is 12.6. The predicted molar refractivity (Wildman–Crippen MR) is 103 cm³/mol. The molecule has 4 nitrogen and oxygen atoms in total. The topological polar surface area (TPSA) is 50.4 Å². The average molecular weight is 361 g/mol. The van der Waals surface area contributed by atoms with Crippen LogP contribution in [0.5, 0.6) is 5.75 Å². The van der Waals surface area contributed by atoms with Crippen LogP contribution in [-0.4, -0.2) is 18.6 Å². The number of benzene rings is 2. The summed E-state index contributed by atoms with van der Waals surface area (Å²) in [6.45, 7) is 6.41. The maximum atomic E-state index is 12.6. The Morgan fingerprint density at radius 3 is 2.44 bits per heavy atom. The molecule has 0 aliphatic heterocycles. The first-order chi connectivity index (χ1) is 12.0. The molecule has 0 saturated heterocycles. The molecule has 0 spiro atoms. The van der Waals surface area contributed by atoms with E-state index >= 15 is 0 Å². The third-order valence-corrected chi connectivity index (χ3v) is 4.22. The lowest BCUT2D eigenvalue weighted by Gasteiger charge is -2.23. The summed E-state index contributed by atoms with van der Waals surface area (Å²) < 4.78 is 5.55. The van der Waals surface area contributed by atoms with Crippen LogP contribution in [0.15, 0.2) is 48.5 Å². The maximum Gasteiger partial charge on any atom is 0.241 e. The van der Waals surface area contributed by atoms with Crippen LogP contribution in [-0.2, 0) is 4.79 Å². The second-order valence-electron chi connectivity index (χ2n) is 5.82. The highest BCUT2D eigenvalue weighted by Crippen LogP contribution is 2.24. The van der Waals surface area contributed by atoms with Crippen molar-refractivity contribution in [2.24, 2.45) is 0 Å². The van der Waals surface area contributed by atoms with E-state index in [1.807, 2.05) is 62.4 Å². The van der Waals surface area contributed by atoms with Crippen molar-refractivity contribution in [2.75, 3.05) is 11.9 Å². The first-order valence-corrected chi connectivity index (χ1v) is 8.97. The number of hydrogen-bond acceptors (Lipinski definition) is 3. The molecule has 2 rings (SSSR count). The number of amides is 1. The Balaban J connectivity index is 2.03. The van der Waals surface area contributed by atoms with E-state index in [0.717, 1.165) is 12.0 Å². The Kier molecular flexibility index (Phi) is 7.29. The Bertz CT molecular complexity index is 688. The molecule has 0 aromatic heterocycles. The minimum atomic E-state index is -0.352. The van der Waals surface area contributed by atoms with Gasteiger partial charge in [-0.25, -0.2) is 0 Å². The van der Waals surface area contributed by atoms with Crippen molar-refractivity contribution in [3.05, 3.63) is 59.1 Å². The molecule has 134 valence electrons. The number of hydrogen-bond donors (Lipinski definition) is 2. The molecule has 2 unspecified atom stereocenters. The molecule has 0 fully saturated rings. The summed E-state index contributed by atoms with van der Waals surface area (Å²) in [6.07, 6.45) is 0.870. The average Bonchev–Trinajstić information content (AvgIpc) is 2.62. The van der Waals surface area contributed by atoms with E-state index < -0.39 is 0 Å². The third-order valence-electron chi connectivity index (χ3n) is 3.97. The Morgan fingerprint density at radius 2 is 1.80 bits per heavy atom. The van der Waals surface area contributed by atoms with E-state index in [9.17, 15) is 4.79 Å². The van der Waals surface area contributed by atoms with Crippen molar-refractivity contribution < 1.29 is 9.53 Å². The number of rotatable bonds is 8. The van der Waals surface area contributed by atoms with Crippen molar-refractivity contribution in [1.29, 1.82) is 0 Å². The summed E-state index contributed by atoms with van der Waals surface area (Å²) in [5, 5.41) is 7.02. The molecule has 2 atom stereocenters. The molecule has 2 aromatic rings. The Labute approximate surface area is 154 Å². The van der Waals surface area contributed by atoms with Crippen molar-refractivity contribution >= 4 is 23.2 Å². The predicted octanol–water partition coefficient (Wildman–Crippen LogP) is 4.81. The monoisotopic (exact) mass is 360 g/mol. The summed E-state index contributed by atoms with van der Waals surface area (Å²) in [7, 11) is 0. The van der Waals surface area contributed by atoms with Gasteiger partial charge in [0.25, 0.3) is 0 Å². The van der Waals surface area contributed by atoms with Crippen LogP contribution >= 0.6 is 11.6 Å². The largest absolute Gasteiger partial charge is 0.492 e. The van der Waals surface area contributed by atoms with E-state index in [2.05, 4.69) is 17.6 Å². The molecular weight excluding hydrogens is 336 g/mol. The summed E-state index contributed by atoms with van der Waals surface area (Å²) in [5.74, 6) is 0.579. The smallest absolute Gasteiger partial charge is 0.241 e. The Hall–Kier alpha value is -2.04. The van der Waals surface area contributed by atoms with Crippen LogP contribution in [0.2, 0.25) is 5.02 Å². The van der Waals surface area contributed by atoms with Gasteiger partial charge in [0.1, 0.15) is 5.75 Å². The minimum Gasteiger partial charge on any atom is -0.492 e. The highest BCUT2D eigenvalue weighted by atomic mass is 35.5. The van der Waals surface area contributed by atoms with E-state index in [1.165, 1.54) is 0 Å². The molecule has 0 saturated carbocycles. The van der Waals surface area contributed by atoms with Gasteiger partial charge in [-0.1, -0.05) is 42.8 Å². The van der Waals surface area contributed by atoms with Crippen molar-refractivity contribution in [3.63, 3.8) is 0 Å². The highest BCUT2D eigenvalue weighted by Gasteiger charge is 2.19. The van der Waals surface area contributed by atoms with Crippen LogP contribution < -0.4 is 15.4 Å². The highest BCUT2D eigenvalue weighted by molar-refractivity contribution is 6.30.